The Morgan fingerprint density at radius 2 is 2.00 bits per heavy atom. The average molecular weight is 311 g/mol. The Bertz CT molecular complexity index is 690. The van der Waals surface area contributed by atoms with Gasteiger partial charge < -0.3 is 10.6 Å². The zero-order valence-electron chi connectivity index (χ0n) is 13.0. The lowest BCUT2D eigenvalue weighted by molar-refractivity contribution is -0.117. The van der Waals surface area contributed by atoms with E-state index in [2.05, 4.69) is 20.7 Å². The summed E-state index contributed by atoms with van der Waals surface area (Å²) in [5, 5.41) is 11.0. The summed E-state index contributed by atoms with van der Waals surface area (Å²) in [5.41, 5.74) is 2.33. The first-order chi connectivity index (χ1) is 11.3. The monoisotopic (exact) mass is 311 g/mol. The van der Waals surface area contributed by atoms with Crippen molar-refractivity contribution in [3.8, 4) is 0 Å². The lowest BCUT2D eigenvalue weighted by Crippen LogP contribution is -2.34. The van der Waals surface area contributed by atoms with E-state index in [1.807, 2.05) is 23.0 Å². The molecule has 1 atom stereocenters. The fourth-order valence-electron chi connectivity index (χ4n) is 3.75. The maximum atomic E-state index is 12.2. The molecule has 1 saturated heterocycles. The number of amides is 1. The summed E-state index contributed by atoms with van der Waals surface area (Å²) in [7, 11) is 0. The predicted octanol–water partition coefficient (Wildman–Crippen LogP) is 1.75. The van der Waals surface area contributed by atoms with E-state index in [0.29, 0.717) is 24.8 Å². The predicted molar refractivity (Wildman–Crippen MR) is 87.1 cm³/mol. The number of anilines is 1. The summed E-state index contributed by atoms with van der Waals surface area (Å²) < 4.78 is 1.90. The van der Waals surface area contributed by atoms with Crippen molar-refractivity contribution in [2.75, 3.05) is 18.4 Å². The molecule has 1 fully saturated rings. The number of carbonyl (C=O) groups excluding carboxylic acids is 1. The number of hydrogen-bond acceptors (Lipinski definition) is 4. The van der Waals surface area contributed by atoms with Gasteiger partial charge in [-0.25, -0.2) is 4.68 Å². The number of nitrogens with one attached hydrogen (secondary N) is 2. The van der Waals surface area contributed by atoms with Gasteiger partial charge in [-0.1, -0.05) is 0 Å². The smallest absolute Gasteiger partial charge is 0.226 e. The van der Waals surface area contributed by atoms with Crippen LogP contribution in [-0.2, 0) is 11.3 Å². The number of nitrogens with zero attached hydrogens (tertiary/aromatic N) is 3. The van der Waals surface area contributed by atoms with Crippen LogP contribution in [0.1, 0.15) is 36.3 Å². The summed E-state index contributed by atoms with van der Waals surface area (Å²) in [6, 6.07) is 3.95. The quantitative estimate of drug-likeness (QED) is 0.906. The van der Waals surface area contributed by atoms with Gasteiger partial charge in [0.25, 0.3) is 0 Å². The molecule has 4 rings (SSSR count). The summed E-state index contributed by atoms with van der Waals surface area (Å²) in [6.45, 7) is 2.74. The van der Waals surface area contributed by atoms with Crippen LogP contribution >= 0.6 is 0 Å². The minimum atomic E-state index is 0.109. The molecule has 0 spiro atoms. The molecular weight excluding hydrogens is 290 g/mol. The van der Waals surface area contributed by atoms with Gasteiger partial charge in [-0.3, -0.25) is 9.78 Å². The molecule has 0 aromatic carbocycles. The minimum Gasteiger partial charge on any atom is -0.317 e. The first-order valence-corrected chi connectivity index (χ1v) is 8.26. The van der Waals surface area contributed by atoms with Gasteiger partial charge in [-0.05, 0) is 49.5 Å². The van der Waals surface area contributed by atoms with Gasteiger partial charge in [-0.2, -0.15) is 5.10 Å². The second kappa shape index (κ2) is 6.12. The van der Waals surface area contributed by atoms with E-state index in [4.69, 9.17) is 0 Å². The van der Waals surface area contributed by atoms with Crippen molar-refractivity contribution in [1.29, 1.82) is 0 Å². The van der Waals surface area contributed by atoms with Crippen molar-refractivity contribution < 1.29 is 4.79 Å². The van der Waals surface area contributed by atoms with Crippen molar-refractivity contribution in [1.82, 2.24) is 20.1 Å². The molecule has 6 heteroatoms. The zero-order chi connectivity index (χ0) is 15.6. The summed E-state index contributed by atoms with van der Waals surface area (Å²) in [5.74, 6) is 1.85. The molecule has 2 aliphatic heterocycles. The van der Waals surface area contributed by atoms with Crippen LogP contribution in [0.25, 0.3) is 0 Å². The van der Waals surface area contributed by atoms with Gasteiger partial charge in [0.15, 0.2) is 0 Å². The molecule has 1 unspecified atom stereocenters. The Labute approximate surface area is 135 Å². The molecule has 1 amide bonds. The zero-order valence-corrected chi connectivity index (χ0v) is 13.0. The lowest BCUT2D eigenvalue weighted by atomic mass is 9.78. The third-order valence-corrected chi connectivity index (χ3v) is 4.96. The summed E-state index contributed by atoms with van der Waals surface area (Å²) >= 11 is 0. The van der Waals surface area contributed by atoms with Crippen LogP contribution in [0.5, 0.6) is 0 Å². The number of hydrogen-bond donors (Lipinski definition) is 2. The molecule has 0 bridgehead atoms. The maximum Gasteiger partial charge on any atom is 0.226 e. The van der Waals surface area contributed by atoms with E-state index in [1.54, 1.807) is 12.4 Å². The Balaban J connectivity index is 1.63. The Morgan fingerprint density at radius 3 is 2.78 bits per heavy atom. The third kappa shape index (κ3) is 2.86. The second-order valence-corrected chi connectivity index (χ2v) is 6.41. The topological polar surface area (TPSA) is 71.8 Å². The normalized spacial score (nSPS) is 21.7. The third-order valence-electron chi connectivity index (χ3n) is 4.96. The Hall–Kier alpha value is -2.21. The highest BCUT2D eigenvalue weighted by atomic mass is 16.1. The molecule has 2 N–H and O–H groups in total. The molecule has 0 radical (unpaired) electrons. The summed E-state index contributed by atoms with van der Waals surface area (Å²) in [6.07, 6.45) is 8.35. The molecule has 6 nitrogen and oxygen atoms in total. The number of piperidine rings is 1. The van der Waals surface area contributed by atoms with Crippen LogP contribution in [0.4, 0.5) is 5.82 Å². The molecule has 2 aliphatic rings. The molecular formula is C17H21N5O. The van der Waals surface area contributed by atoms with E-state index in [1.165, 1.54) is 5.56 Å². The fourth-order valence-corrected chi connectivity index (χ4v) is 3.75. The highest BCUT2D eigenvalue weighted by Crippen LogP contribution is 2.40. The van der Waals surface area contributed by atoms with Crippen molar-refractivity contribution in [2.24, 2.45) is 5.92 Å². The molecule has 2 aromatic heterocycles. The highest BCUT2D eigenvalue weighted by molar-refractivity contribution is 5.93. The number of fused-ring (bicyclic) bond motifs is 1. The van der Waals surface area contributed by atoms with Gasteiger partial charge in [0.1, 0.15) is 5.82 Å². The second-order valence-electron chi connectivity index (χ2n) is 6.41. The van der Waals surface area contributed by atoms with Crippen molar-refractivity contribution in [2.45, 2.75) is 31.7 Å². The van der Waals surface area contributed by atoms with E-state index in [0.717, 1.165) is 37.3 Å². The van der Waals surface area contributed by atoms with E-state index < -0.39 is 0 Å². The molecule has 2 aromatic rings. The maximum absolute atomic E-state index is 12.2. The SMILES string of the molecule is O=C1CC(C2CCNCC2)c2cnn(Cc3ccncc3)c2N1. The molecule has 0 saturated carbocycles. The highest BCUT2D eigenvalue weighted by Gasteiger charge is 2.34. The Morgan fingerprint density at radius 1 is 1.22 bits per heavy atom. The van der Waals surface area contributed by atoms with Crippen LogP contribution < -0.4 is 10.6 Å². The van der Waals surface area contributed by atoms with Crippen LogP contribution in [0.3, 0.4) is 0 Å². The lowest BCUT2D eigenvalue weighted by Gasteiger charge is -2.33. The number of rotatable bonds is 3. The van der Waals surface area contributed by atoms with E-state index in [9.17, 15) is 4.79 Å². The number of carbonyl (C=O) groups is 1. The first kappa shape index (κ1) is 14.4. The molecule has 120 valence electrons. The molecule has 4 heterocycles. The van der Waals surface area contributed by atoms with Gasteiger partial charge in [0, 0.05) is 30.3 Å². The minimum absolute atomic E-state index is 0.109. The number of aromatic nitrogens is 3. The standard InChI is InChI=1S/C17H21N5O/c23-16-9-14(13-3-7-19-8-4-13)15-10-20-22(17(15)21-16)11-12-1-5-18-6-2-12/h1-2,5-6,10,13-14,19H,3-4,7-9,11H2,(H,21,23). The van der Waals surface area contributed by atoms with Crippen LogP contribution in [0.15, 0.2) is 30.7 Å². The van der Waals surface area contributed by atoms with Gasteiger partial charge >= 0.3 is 0 Å². The number of pyridine rings is 1. The van der Waals surface area contributed by atoms with Crippen molar-refractivity contribution in [3.63, 3.8) is 0 Å². The van der Waals surface area contributed by atoms with Crippen molar-refractivity contribution >= 4 is 11.7 Å². The summed E-state index contributed by atoms with van der Waals surface area (Å²) in [4.78, 5) is 16.2. The first-order valence-electron chi connectivity index (χ1n) is 8.26. The van der Waals surface area contributed by atoms with E-state index in [-0.39, 0.29) is 5.91 Å². The fraction of sp³-hybridized carbons (Fsp3) is 0.471. The van der Waals surface area contributed by atoms with Crippen LogP contribution in [-0.4, -0.2) is 33.8 Å². The van der Waals surface area contributed by atoms with Gasteiger partial charge in [-0.15, -0.1) is 0 Å². The Kier molecular flexibility index (Phi) is 3.83. The average Bonchev–Trinajstić information content (AvgIpc) is 2.99. The van der Waals surface area contributed by atoms with Crippen LogP contribution in [0.2, 0.25) is 0 Å². The largest absolute Gasteiger partial charge is 0.317 e. The van der Waals surface area contributed by atoms with Crippen LogP contribution in [0, 0.1) is 5.92 Å². The molecule has 23 heavy (non-hydrogen) atoms. The van der Waals surface area contributed by atoms with Gasteiger partial charge in [0.05, 0.1) is 12.7 Å². The van der Waals surface area contributed by atoms with E-state index >= 15 is 0 Å². The van der Waals surface area contributed by atoms with Gasteiger partial charge in [0.2, 0.25) is 5.91 Å². The van der Waals surface area contributed by atoms with Crippen molar-refractivity contribution in [3.05, 3.63) is 41.9 Å². The molecule has 0 aliphatic carbocycles.